The summed E-state index contributed by atoms with van der Waals surface area (Å²) in [5.74, 6) is -0.692. The van der Waals surface area contributed by atoms with Gasteiger partial charge in [0.2, 0.25) is 11.8 Å². The lowest BCUT2D eigenvalue weighted by atomic mass is 10.1. The van der Waals surface area contributed by atoms with E-state index in [9.17, 15) is 14.0 Å². The Balaban J connectivity index is 0.00000420. The Hall–Kier alpha value is -2.64. The first kappa shape index (κ1) is 24.4. The number of hydrogen-bond acceptors (Lipinski definition) is 4. The Morgan fingerprint density at radius 1 is 1.10 bits per heavy atom. The average molecular weight is 424 g/mol. The van der Waals surface area contributed by atoms with Gasteiger partial charge in [-0.1, -0.05) is 38.1 Å². The first-order valence-corrected chi connectivity index (χ1v) is 9.13. The molecular formula is C21H27ClFN3O3. The molecule has 2 aromatic carbocycles. The lowest BCUT2D eigenvalue weighted by Gasteiger charge is -2.18. The largest absolute Gasteiger partial charge is 0.454 e. The van der Waals surface area contributed by atoms with Crippen LogP contribution in [0.3, 0.4) is 0 Å². The summed E-state index contributed by atoms with van der Waals surface area (Å²) in [4.78, 5) is 23.8. The molecule has 2 aromatic rings. The first-order valence-electron chi connectivity index (χ1n) is 9.13. The number of nitrogens with one attached hydrogen (secondary N) is 2. The molecule has 0 aliphatic rings. The van der Waals surface area contributed by atoms with Crippen LogP contribution >= 0.6 is 12.4 Å². The van der Waals surface area contributed by atoms with Gasteiger partial charge >= 0.3 is 0 Å². The van der Waals surface area contributed by atoms with E-state index >= 15 is 0 Å². The van der Waals surface area contributed by atoms with Gasteiger partial charge in [-0.15, -0.1) is 12.4 Å². The zero-order valence-corrected chi connectivity index (χ0v) is 17.5. The number of carbonyl (C=O) groups is 2. The van der Waals surface area contributed by atoms with E-state index in [4.69, 9.17) is 10.5 Å². The van der Waals surface area contributed by atoms with Gasteiger partial charge in [-0.05, 0) is 42.7 Å². The number of halogens is 2. The highest BCUT2D eigenvalue weighted by Gasteiger charge is 2.18. The Morgan fingerprint density at radius 3 is 2.34 bits per heavy atom. The van der Waals surface area contributed by atoms with Crippen molar-refractivity contribution in [3.8, 4) is 11.5 Å². The molecule has 4 N–H and O–H groups in total. The zero-order valence-electron chi connectivity index (χ0n) is 16.6. The van der Waals surface area contributed by atoms with Gasteiger partial charge in [0.05, 0.1) is 18.6 Å². The minimum absolute atomic E-state index is 0. The summed E-state index contributed by atoms with van der Waals surface area (Å²) in [6, 6.07) is 12.3. The van der Waals surface area contributed by atoms with Crippen LogP contribution in [0.1, 0.15) is 32.4 Å². The molecule has 0 saturated carbocycles. The van der Waals surface area contributed by atoms with Crippen LogP contribution in [-0.4, -0.2) is 24.4 Å². The molecular weight excluding hydrogens is 397 g/mol. The highest BCUT2D eigenvalue weighted by Crippen LogP contribution is 2.26. The quantitative estimate of drug-likeness (QED) is 0.607. The smallest absolute Gasteiger partial charge is 0.239 e. The number of rotatable bonds is 8. The lowest BCUT2D eigenvalue weighted by molar-refractivity contribution is -0.127. The van der Waals surface area contributed by atoms with Crippen molar-refractivity contribution in [2.45, 2.75) is 32.9 Å². The highest BCUT2D eigenvalue weighted by atomic mass is 35.5. The van der Waals surface area contributed by atoms with E-state index in [1.54, 1.807) is 37.3 Å². The van der Waals surface area contributed by atoms with Crippen molar-refractivity contribution in [3.05, 3.63) is 59.9 Å². The summed E-state index contributed by atoms with van der Waals surface area (Å²) in [7, 11) is 0. The summed E-state index contributed by atoms with van der Waals surface area (Å²) >= 11 is 0. The standard InChI is InChI=1S/C21H26FN3O3.ClH/c1-13(2)20(23)21(27)24-12-19(26)25-14(3)15-9-10-18(17(22)11-15)28-16-7-5-4-6-8-16;/h4-11,13-14,20H,12,23H2,1-3H3,(H,24,27)(H,25,26);1H/t14?,20-;/m0./s1. The summed E-state index contributed by atoms with van der Waals surface area (Å²) in [5.41, 5.74) is 6.31. The fourth-order valence-corrected chi connectivity index (χ4v) is 2.45. The third-order valence-corrected chi connectivity index (χ3v) is 4.25. The lowest BCUT2D eigenvalue weighted by Crippen LogP contribution is -2.47. The molecule has 0 aromatic heterocycles. The number of nitrogens with two attached hydrogens (primary N) is 1. The zero-order chi connectivity index (χ0) is 20.7. The van der Waals surface area contributed by atoms with Gasteiger partial charge in [0.1, 0.15) is 5.75 Å². The molecule has 1 unspecified atom stereocenters. The van der Waals surface area contributed by atoms with Crippen molar-refractivity contribution in [2.24, 2.45) is 11.7 Å². The molecule has 0 saturated heterocycles. The second kappa shape index (κ2) is 11.4. The molecule has 0 heterocycles. The fourth-order valence-electron chi connectivity index (χ4n) is 2.45. The molecule has 0 radical (unpaired) electrons. The van der Waals surface area contributed by atoms with E-state index in [2.05, 4.69) is 10.6 Å². The third kappa shape index (κ3) is 7.36. The maximum Gasteiger partial charge on any atom is 0.239 e. The second-order valence-corrected chi connectivity index (χ2v) is 6.88. The molecule has 158 valence electrons. The fraction of sp³-hybridized carbons (Fsp3) is 0.333. The number of carbonyl (C=O) groups excluding carboxylic acids is 2. The SMILES string of the molecule is CC(NC(=O)CNC(=O)[C@@H](N)C(C)C)c1ccc(Oc2ccccc2)c(F)c1.Cl. The van der Waals surface area contributed by atoms with Crippen LogP contribution in [0.15, 0.2) is 48.5 Å². The van der Waals surface area contributed by atoms with Crippen LogP contribution in [-0.2, 0) is 9.59 Å². The third-order valence-electron chi connectivity index (χ3n) is 4.25. The number of amides is 2. The maximum absolute atomic E-state index is 14.3. The van der Waals surface area contributed by atoms with E-state index in [1.807, 2.05) is 19.9 Å². The van der Waals surface area contributed by atoms with Crippen molar-refractivity contribution in [2.75, 3.05) is 6.54 Å². The molecule has 2 rings (SSSR count). The van der Waals surface area contributed by atoms with Crippen LogP contribution in [0.2, 0.25) is 0 Å². The molecule has 0 aliphatic carbocycles. The average Bonchev–Trinajstić information content (AvgIpc) is 2.67. The molecule has 6 nitrogen and oxygen atoms in total. The second-order valence-electron chi connectivity index (χ2n) is 6.88. The Kier molecular flexibility index (Phi) is 9.58. The predicted molar refractivity (Wildman–Crippen MR) is 113 cm³/mol. The Bertz CT molecular complexity index is 818. The van der Waals surface area contributed by atoms with Crippen LogP contribution in [0.25, 0.3) is 0 Å². The van der Waals surface area contributed by atoms with Gasteiger partial charge in [0.15, 0.2) is 11.6 Å². The number of benzene rings is 2. The van der Waals surface area contributed by atoms with Gasteiger partial charge in [0.25, 0.3) is 0 Å². The van der Waals surface area contributed by atoms with E-state index in [-0.39, 0.29) is 42.4 Å². The van der Waals surface area contributed by atoms with Crippen molar-refractivity contribution in [1.82, 2.24) is 10.6 Å². The highest BCUT2D eigenvalue weighted by molar-refractivity contribution is 5.87. The molecule has 0 spiro atoms. The van der Waals surface area contributed by atoms with Gasteiger partial charge in [0, 0.05) is 0 Å². The van der Waals surface area contributed by atoms with E-state index in [0.29, 0.717) is 11.3 Å². The minimum Gasteiger partial charge on any atom is -0.454 e. The summed E-state index contributed by atoms with van der Waals surface area (Å²) in [5, 5.41) is 5.21. The van der Waals surface area contributed by atoms with Crippen LogP contribution in [0.5, 0.6) is 11.5 Å². The molecule has 0 aliphatic heterocycles. The van der Waals surface area contributed by atoms with Crippen LogP contribution < -0.4 is 21.1 Å². The number of hydrogen-bond donors (Lipinski definition) is 3. The van der Waals surface area contributed by atoms with Gasteiger partial charge < -0.3 is 21.1 Å². The van der Waals surface area contributed by atoms with Crippen molar-refractivity contribution in [1.29, 1.82) is 0 Å². The molecule has 2 atom stereocenters. The predicted octanol–water partition coefficient (Wildman–Crippen LogP) is 3.32. The van der Waals surface area contributed by atoms with Gasteiger partial charge in [-0.2, -0.15) is 0 Å². The van der Waals surface area contributed by atoms with Crippen LogP contribution in [0, 0.1) is 11.7 Å². The minimum atomic E-state index is -0.670. The van der Waals surface area contributed by atoms with Crippen LogP contribution in [0.4, 0.5) is 4.39 Å². The van der Waals surface area contributed by atoms with Crippen molar-refractivity contribution < 1.29 is 18.7 Å². The summed E-state index contributed by atoms with van der Waals surface area (Å²) in [6.45, 7) is 5.19. The molecule has 0 bridgehead atoms. The van der Waals surface area contributed by atoms with E-state index in [0.717, 1.165) is 0 Å². The molecule has 0 fully saturated rings. The first-order chi connectivity index (χ1) is 13.3. The van der Waals surface area contributed by atoms with Crippen molar-refractivity contribution in [3.63, 3.8) is 0 Å². The normalized spacial score (nSPS) is 12.5. The molecule has 8 heteroatoms. The summed E-state index contributed by atoms with van der Waals surface area (Å²) < 4.78 is 19.9. The maximum atomic E-state index is 14.3. The van der Waals surface area contributed by atoms with E-state index < -0.39 is 17.9 Å². The topological polar surface area (TPSA) is 93.5 Å². The molecule has 29 heavy (non-hydrogen) atoms. The molecule has 2 amide bonds. The monoisotopic (exact) mass is 423 g/mol. The van der Waals surface area contributed by atoms with E-state index in [1.165, 1.54) is 12.1 Å². The number of ether oxygens (including phenoxy) is 1. The Morgan fingerprint density at radius 2 is 1.76 bits per heavy atom. The summed E-state index contributed by atoms with van der Waals surface area (Å²) in [6.07, 6.45) is 0. The number of para-hydroxylation sites is 1. The van der Waals surface area contributed by atoms with Crippen molar-refractivity contribution >= 4 is 24.2 Å². The Labute approximate surface area is 176 Å². The van der Waals surface area contributed by atoms with Gasteiger partial charge in [-0.3, -0.25) is 9.59 Å². The van der Waals surface area contributed by atoms with Gasteiger partial charge in [-0.25, -0.2) is 4.39 Å².